The molecule has 0 amide bonds. The number of aromatic hydroxyl groups is 1. The van der Waals surface area contributed by atoms with Gasteiger partial charge in [0.25, 0.3) is 0 Å². The molecule has 2 atom stereocenters. The largest absolute Gasteiger partial charge is 0.508 e. The van der Waals surface area contributed by atoms with Gasteiger partial charge >= 0.3 is 0 Å². The average Bonchev–Trinajstić information content (AvgIpc) is 2.32. The van der Waals surface area contributed by atoms with Gasteiger partial charge in [0.05, 0.1) is 12.2 Å². The summed E-state index contributed by atoms with van der Waals surface area (Å²) in [5, 5.41) is 29.2. The molecule has 2 rings (SSSR count). The number of rotatable bonds is 2. The molecular formula is C15H20O3. The minimum Gasteiger partial charge on any atom is -0.508 e. The van der Waals surface area contributed by atoms with Gasteiger partial charge in [-0.2, -0.15) is 0 Å². The van der Waals surface area contributed by atoms with E-state index >= 15 is 0 Å². The number of aliphatic hydroxyl groups is 2. The van der Waals surface area contributed by atoms with Crippen LogP contribution in [0.2, 0.25) is 0 Å². The molecule has 1 aliphatic carbocycles. The summed E-state index contributed by atoms with van der Waals surface area (Å²) in [4.78, 5) is 0. The molecular weight excluding hydrogens is 228 g/mol. The Kier molecular flexibility index (Phi) is 3.46. The van der Waals surface area contributed by atoms with Crippen molar-refractivity contribution < 1.29 is 15.3 Å². The highest BCUT2D eigenvalue weighted by Crippen LogP contribution is 2.37. The zero-order valence-electron chi connectivity index (χ0n) is 10.8. The van der Waals surface area contributed by atoms with E-state index in [9.17, 15) is 15.3 Å². The first-order chi connectivity index (χ1) is 8.41. The fourth-order valence-corrected chi connectivity index (χ4v) is 2.56. The fraction of sp³-hybridized carbons (Fsp3) is 0.467. The van der Waals surface area contributed by atoms with E-state index in [0.29, 0.717) is 12.8 Å². The second-order valence-corrected chi connectivity index (χ2v) is 5.45. The lowest BCUT2D eigenvalue weighted by molar-refractivity contribution is 0.126. The van der Waals surface area contributed by atoms with Crippen LogP contribution in [0.25, 0.3) is 0 Å². The van der Waals surface area contributed by atoms with Crippen LogP contribution in [0.15, 0.2) is 35.9 Å². The van der Waals surface area contributed by atoms with Crippen molar-refractivity contribution in [2.75, 3.05) is 0 Å². The first kappa shape index (κ1) is 13.1. The molecule has 2 unspecified atom stereocenters. The maximum absolute atomic E-state index is 10.1. The van der Waals surface area contributed by atoms with Crippen molar-refractivity contribution in [2.24, 2.45) is 0 Å². The van der Waals surface area contributed by atoms with Crippen LogP contribution in [-0.4, -0.2) is 27.5 Å². The predicted octanol–water partition coefficient (Wildman–Crippen LogP) is 2.11. The molecule has 3 nitrogen and oxygen atoms in total. The van der Waals surface area contributed by atoms with Crippen LogP contribution < -0.4 is 0 Å². The van der Waals surface area contributed by atoms with Gasteiger partial charge in [-0.05, 0) is 36.1 Å². The van der Waals surface area contributed by atoms with E-state index in [1.165, 1.54) is 0 Å². The summed E-state index contributed by atoms with van der Waals surface area (Å²) in [5.74, 6) is 0.229. The van der Waals surface area contributed by atoms with E-state index in [4.69, 9.17) is 0 Å². The van der Waals surface area contributed by atoms with E-state index in [1.807, 2.05) is 26.0 Å². The summed E-state index contributed by atoms with van der Waals surface area (Å²) in [6.45, 7) is 4.04. The predicted molar refractivity (Wildman–Crippen MR) is 70.5 cm³/mol. The average molecular weight is 248 g/mol. The van der Waals surface area contributed by atoms with Crippen molar-refractivity contribution in [3.05, 3.63) is 41.5 Å². The topological polar surface area (TPSA) is 60.7 Å². The summed E-state index contributed by atoms with van der Waals surface area (Å²) < 4.78 is 0. The van der Waals surface area contributed by atoms with Crippen LogP contribution in [-0.2, 0) is 5.41 Å². The molecule has 0 radical (unpaired) electrons. The van der Waals surface area contributed by atoms with E-state index in [-0.39, 0.29) is 11.2 Å². The lowest BCUT2D eigenvalue weighted by Crippen LogP contribution is -2.33. The molecule has 0 saturated carbocycles. The maximum atomic E-state index is 10.1. The number of hydrogen-bond acceptors (Lipinski definition) is 3. The first-order valence-electron chi connectivity index (χ1n) is 6.29. The molecule has 0 spiro atoms. The summed E-state index contributed by atoms with van der Waals surface area (Å²) in [6, 6.07) is 6.99. The minimum absolute atomic E-state index is 0.229. The van der Waals surface area contributed by atoms with Gasteiger partial charge in [-0.25, -0.2) is 0 Å². The Hall–Kier alpha value is -1.32. The minimum atomic E-state index is -0.503. The molecule has 3 N–H and O–H groups in total. The third-order valence-electron chi connectivity index (χ3n) is 3.78. The first-order valence-corrected chi connectivity index (χ1v) is 6.29. The molecule has 1 aromatic rings. The van der Waals surface area contributed by atoms with E-state index in [0.717, 1.165) is 11.1 Å². The van der Waals surface area contributed by atoms with Crippen molar-refractivity contribution in [1.82, 2.24) is 0 Å². The Morgan fingerprint density at radius 3 is 2.28 bits per heavy atom. The molecule has 0 fully saturated rings. The molecule has 3 heteroatoms. The SMILES string of the molecule is CC(C)(C1=CC(O)CCC1O)c1ccc(O)cc1. The van der Waals surface area contributed by atoms with E-state index < -0.39 is 12.2 Å². The smallest absolute Gasteiger partial charge is 0.115 e. The molecule has 18 heavy (non-hydrogen) atoms. The van der Waals surface area contributed by atoms with Crippen molar-refractivity contribution >= 4 is 0 Å². The normalized spacial score (nSPS) is 24.8. The Morgan fingerprint density at radius 2 is 1.67 bits per heavy atom. The summed E-state index contributed by atoms with van der Waals surface area (Å²) in [7, 11) is 0. The monoisotopic (exact) mass is 248 g/mol. The van der Waals surface area contributed by atoms with Crippen molar-refractivity contribution in [1.29, 1.82) is 0 Å². The van der Waals surface area contributed by atoms with Crippen molar-refractivity contribution in [2.45, 2.75) is 44.3 Å². The lowest BCUT2D eigenvalue weighted by atomic mass is 9.72. The highest BCUT2D eigenvalue weighted by molar-refractivity contribution is 5.39. The van der Waals surface area contributed by atoms with Crippen LogP contribution in [0.5, 0.6) is 5.75 Å². The standard InChI is InChI=1S/C15H20O3/c1-15(2,10-3-5-11(16)6-4-10)13-9-12(17)7-8-14(13)18/h3-6,9,12,14,16-18H,7-8H2,1-2H3. The van der Waals surface area contributed by atoms with Gasteiger partial charge in [0.15, 0.2) is 0 Å². The van der Waals surface area contributed by atoms with Gasteiger partial charge in [0.1, 0.15) is 5.75 Å². The molecule has 1 aliphatic rings. The second-order valence-electron chi connectivity index (χ2n) is 5.45. The Bertz CT molecular complexity index is 445. The molecule has 98 valence electrons. The number of benzene rings is 1. The van der Waals surface area contributed by atoms with Crippen LogP contribution in [0.1, 0.15) is 32.3 Å². The van der Waals surface area contributed by atoms with Crippen molar-refractivity contribution in [3.8, 4) is 5.75 Å². The second kappa shape index (κ2) is 4.75. The molecule has 1 aromatic carbocycles. The highest BCUT2D eigenvalue weighted by atomic mass is 16.3. The number of phenolic OH excluding ortho intramolecular Hbond substituents is 1. The van der Waals surface area contributed by atoms with Gasteiger partial charge in [0.2, 0.25) is 0 Å². The van der Waals surface area contributed by atoms with Gasteiger partial charge in [-0.1, -0.05) is 32.1 Å². The third kappa shape index (κ3) is 2.42. The molecule has 0 aliphatic heterocycles. The van der Waals surface area contributed by atoms with Crippen LogP contribution in [0.3, 0.4) is 0 Å². The number of hydrogen-bond donors (Lipinski definition) is 3. The van der Waals surface area contributed by atoms with Crippen LogP contribution >= 0.6 is 0 Å². The molecule has 0 aromatic heterocycles. The van der Waals surface area contributed by atoms with Crippen LogP contribution in [0.4, 0.5) is 0 Å². The lowest BCUT2D eigenvalue weighted by Gasteiger charge is -2.35. The molecule has 0 heterocycles. The fourth-order valence-electron chi connectivity index (χ4n) is 2.56. The summed E-state index contributed by atoms with van der Waals surface area (Å²) in [5.41, 5.74) is 1.51. The Morgan fingerprint density at radius 1 is 1.06 bits per heavy atom. The zero-order valence-corrected chi connectivity index (χ0v) is 10.8. The van der Waals surface area contributed by atoms with Gasteiger partial charge in [0, 0.05) is 5.41 Å². The van der Waals surface area contributed by atoms with Crippen molar-refractivity contribution in [3.63, 3.8) is 0 Å². The number of aliphatic hydroxyl groups excluding tert-OH is 2. The summed E-state index contributed by atoms with van der Waals surface area (Å²) in [6.07, 6.45) is 1.99. The Labute approximate surface area is 107 Å². The van der Waals surface area contributed by atoms with Gasteiger partial charge in [-0.3, -0.25) is 0 Å². The summed E-state index contributed by atoms with van der Waals surface area (Å²) >= 11 is 0. The van der Waals surface area contributed by atoms with Gasteiger partial charge in [-0.15, -0.1) is 0 Å². The quantitative estimate of drug-likeness (QED) is 0.702. The molecule has 0 bridgehead atoms. The third-order valence-corrected chi connectivity index (χ3v) is 3.78. The van der Waals surface area contributed by atoms with E-state index in [2.05, 4.69) is 0 Å². The van der Waals surface area contributed by atoms with E-state index in [1.54, 1.807) is 18.2 Å². The zero-order chi connectivity index (χ0) is 13.3. The van der Waals surface area contributed by atoms with Gasteiger partial charge < -0.3 is 15.3 Å². The molecule has 0 saturated heterocycles. The van der Waals surface area contributed by atoms with Crippen LogP contribution in [0, 0.1) is 0 Å². The highest BCUT2D eigenvalue weighted by Gasteiger charge is 2.33. The number of phenols is 1. The maximum Gasteiger partial charge on any atom is 0.115 e. The Balaban J connectivity index is 2.38.